The fourth-order valence-corrected chi connectivity index (χ4v) is 2.25. The number of rotatable bonds is 2. The number of benzene rings is 1. The van der Waals surface area contributed by atoms with Crippen LogP contribution in [0.3, 0.4) is 0 Å². The van der Waals surface area contributed by atoms with E-state index in [-0.39, 0.29) is 17.2 Å². The molecule has 0 N–H and O–H groups in total. The molecule has 0 radical (unpaired) electrons. The summed E-state index contributed by atoms with van der Waals surface area (Å²) in [6.07, 6.45) is 0. The van der Waals surface area contributed by atoms with Crippen molar-refractivity contribution in [3.05, 3.63) is 33.9 Å². The number of nitriles is 1. The molecule has 1 heterocycles. The van der Waals surface area contributed by atoms with Crippen LogP contribution in [0.15, 0.2) is 18.2 Å². The summed E-state index contributed by atoms with van der Waals surface area (Å²) >= 11 is 0. The van der Waals surface area contributed by atoms with E-state index in [9.17, 15) is 14.9 Å². The van der Waals surface area contributed by atoms with Crippen LogP contribution in [-0.4, -0.2) is 41.9 Å². The van der Waals surface area contributed by atoms with E-state index in [2.05, 4.69) is 0 Å². The molecule has 1 amide bonds. The van der Waals surface area contributed by atoms with Gasteiger partial charge in [-0.15, -0.1) is 0 Å². The quantitative estimate of drug-likeness (QED) is 0.595. The summed E-state index contributed by atoms with van der Waals surface area (Å²) < 4.78 is 0. The number of amides is 1. The van der Waals surface area contributed by atoms with Crippen molar-refractivity contribution in [2.45, 2.75) is 6.92 Å². The van der Waals surface area contributed by atoms with Gasteiger partial charge in [-0.05, 0) is 12.1 Å². The number of anilines is 1. The average Bonchev–Trinajstić information content (AvgIpc) is 2.46. The van der Waals surface area contributed by atoms with Gasteiger partial charge in [0.25, 0.3) is 5.69 Å². The molecule has 0 bridgehead atoms. The van der Waals surface area contributed by atoms with Crippen LogP contribution in [0.5, 0.6) is 0 Å². The maximum absolute atomic E-state index is 11.3. The summed E-state index contributed by atoms with van der Waals surface area (Å²) in [5, 5.41) is 19.8. The zero-order valence-corrected chi connectivity index (χ0v) is 11.1. The molecule has 0 spiro atoms. The summed E-state index contributed by atoms with van der Waals surface area (Å²) in [5.74, 6) is 0.0473. The maximum atomic E-state index is 11.3. The molecule has 0 saturated carbocycles. The second kappa shape index (κ2) is 5.57. The van der Waals surface area contributed by atoms with Crippen molar-refractivity contribution in [1.29, 1.82) is 5.26 Å². The highest BCUT2D eigenvalue weighted by Gasteiger charge is 2.21. The second-order valence-electron chi connectivity index (χ2n) is 4.56. The molecule has 20 heavy (non-hydrogen) atoms. The van der Waals surface area contributed by atoms with Crippen molar-refractivity contribution in [3.8, 4) is 6.07 Å². The number of nitro benzene ring substituents is 1. The summed E-state index contributed by atoms with van der Waals surface area (Å²) in [4.78, 5) is 25.2. The van der Waals surface area contributed by atoms with Crippen molar-refractivity contribution < 1.29 is 9.72 Å². The van der Waals surface area contributed by atoms with E-state index in [0.29, 0.717) is 26.2 Å². The zero-order chi connectivity index (χ0) is 14.7. The van der Waals surface area contributed by atoms with Gasteiger partial charge in [0, 0.05) is 44.9 Å². The van der Waals surface area contributed by atoms with Crippen LogP contribution in [0.25, 0.3) is 0 Å². The van der Waals surface area contributed by atoms with Crippen LogP contribution in [0.2, 0.25) is 0 Å². The topological polar surface area (TPSA) is 90.5 Å². The van der Waals surface area contributed by atoms with Crippen molar-refractivity contribution in [2.75, 3.05) is 31.1 Å². The van der Waals surface area contributed by atoms with E-state index in [0.717, 1.165) is 5.69 Å². The van der Waals surface area contributed by atoms with Gasteiger partial charge in [0.1, 0.15) is 11.6 Å². The average molecular weight is 274 g/mol. The van der Waals surface area contributed by atoms with Crippen molar-refractivity contribution in [1.82, 2.24) is 4.90 Å². The molecular formula is C13H14N4O3. The number of hydrogen-bond acceptors (Lipinski definition) is 5. The lowest BCUT2D eigenvalue weighted by Crippen LogP contribution is -2.48. The number of nitrogens with zero attached hydrogens (tertiary/aromatic N) is 4. The number of carbonyl (C=O) groups excluding carboxylic acids is 1. The number of hydrogen-bond donors (Lipinski definition) is 0. The molecule has 104 valence electrons. The van der Waals surface area contributed by atoms with Gasteiger partial charge in [-0.1, -0.05) is 0 Å². The van der Waals surface area contributed by atoms with Crippen molar-refractivity contribution >= 4 is 17.3 Å². The first-order chi connectivity index (χ1) is 9.52. The van der Waals surface area contributed by atoms with Crippen molar-refractivity contribution in [2.24, 2.45) is 0 Å². The van der Waals surface area contributed by atoms with Gasteiger partial charge in [-0.3, -0.25) is 14.9 Å². The molecule has 0 atom stereocenters. The van der Waals surface area contributed by atoms with Crippen LogP contribution in [-0.2, 0) is 4.79 Å². The molecule has 0 aliphatic carbocycles. The highest BCUT2D eigenvalue weighted by atomic mass is 16.6. The maximum Gasteiger partial charge on any atom is 0.287 e. The Labute approximate surface area is 116 Å². The Kier molecular flexibility index (Phi) is 3.84. The molecule has 1 aliphatic heterocycles. The Bertz CT molecular complexity index is 586. The van der Waals surface area contributed by atoms with Crippen molar-refractivity contribution in [3.63, 3.8) is 0 Å². The molecule has 1 aromatic carbocycles. The molecule has 2 rings (SSSR count). The number of nitro groups is 1. The summed E-state index contributed by atoms with van der Waals surface area (Å²) in [7, 11) is 0. The Morgan fingerprint density at radius 3 is 2.50 bits per heavy atom. The van der Waals surface area contributed by atoms with Crippen LogP contribution in [0, 0.1) is 21.4 Å². The normalized spacial score (nSPS) is 14.8. The number of piperazine rings is 1. The molecule has 1 saturated heterocycles. The Hall–Kier alpha value is -2.62. The summed E-state index contributed by atoms with van der Waals surface area (Å²) in [6.45, 7) is 4.09. The van der Waals surface area contributed by atoms with E-state index in [1.807, 2.05) is 11.0 Å². The molecular weight excluding hydrogens is 260 g/mol. The van der Waals surface area contributed by atoms with Gasteiger partial charge in [0.15, 0.2) is 0 Å². The first-order valence-electron chi connectivity index (χ1n) is 6.22. The van der Waals surface area contributed by atoms with E-state index in [4.69, 9.17) is 5.26 Å². The fraction of sp³-hybridized carbons (Fsp3) is 0.385. The third-order valence-corrected chi connectivity index (χ3v) is 3.39. The lowest BCUT2D eigenvalue weighted by atomic mass is 10.1. The Balaban J connectivity index is 2.17. The molecule has 7 heteroatoms. The van der Waals surface area contributed by atoms with Gasteiger partial charge in [-0.2, -0.15) is 5.26 Å². The minimum absolute atomic E-state index is 0.0473. The fourth-order valence-electron chi connectivity index (χ4n) is 2.25. The van der Waals surface area contributed by atoms with E-state index in [1.165, 1.54) is 19.1 Å². The predicted molar refractivity (Wildman–Crippen MR) is 72.3 cm³/mol. The highest BCUT2D eigenvalue weighted by Crippen LogP contribution is 2.25. The predicted octanol–water partition coefficient (Wildman–Crippen LogP) is 1.13. The highest BCUT2D eigenvalue weighted by molar-refractivity contribution is 5.73. The van der Waals surface area contributed by atoms with Gasteiger partial charge < -0.3 is 9.80 Å². The lowest BCUT2D eigenvalue weighted by Gasteiger charge is -2.35. The molecule has 0 aromatic heterocycles. The first-order valence-corrected chi connectivity index (χ1v) is 6.22. The first kappa shape index (κ1) is 13.8. The van der Waals surface area contributed by atoms with E-state index >= 15 is 0 Å². The smallest absolute Gasteiger partial charge is 0.287 e. The lowest BCUT2D eigenvalue weighted by molar-refractivity contribution is -0.385. The second-order valence-corrected chi connectivity index (χ2v) is 4.56. The van der Waals surface area contributed by atoms with Crippen LogP contribution >= 0.6 is 0 Å². The van der Waals surface area contributed by atoms with Gasteiger partial charge in [-0.25, -0.2) is 0 Å². The van der Waals surface area contributed by atoms with E-state index < -0.39 is 4.92 Å². The van der Waals surface area contributed by atoms with Crippen LogP contribution in [0.1, 0.15) is 12.5 Å². The SMILES string of the molecule is CC(=O)N1CCN(c2ccc([N+](=O)[O-])c(C#N)c2)CC1. The summed E-state index contributed by atoms with van der Waals surface area (Å²) in [6, 6.07) is 6.37. The number of carbonyl (C=O) groups is 1. The molecule has 0 unspecified atom stereocenters. The largest absolute Gasteiger partial charge is 0.368 e. The standard InChI is InChI=1S/C13H14N4O3/c1-10(18)15-4-6-16(7-5-15)12-2-3-13(17(19)20)11(8-12)9-14/h2-3,8H,4-7H2,1H3. The molecule has 1 aliphatic rings. The van der Waals surface area contributed by atoms with Gasteiger partial charge >= 0.3 is 0 Å². The van der Waals surface area contributed by atoms with Crippen LogP contribution < -0.4 is 4.90 Å². The molecule has 1 aromatic rings. The zero-order valence-electron chi connectivity index (χ0n) is 11.1. The van der Waals surface area contributed by atoms with Gasteiger partial charge in [0.2, 0.25) is 5.91 Å². The van der Waals surface area contributed by atoms with Crippen LogP contribution in [0.4, 0.5) is 11.4 Å². The minimum atomic E-state index is -0.560. The molecule has 7 nitrogen and oxygen atoms in total. The third-order valence-electron chi connectivity index (χ3n) is 3.39. The Morgan fingerprint density at radius 2 is 2.00 bits per heavy atom. The minimum Gasteiger partial charge on any atom is -0.368 e. The van der Waals surface area contributed by atoms with E-state index in [1.54, 1.807) is 11.0 Å². The monoisotopic (exact) mass is 274 g/mol. The van der Waals surface area contributed by atoms with Gasteiger partial charge in [0.05, 0.1) is 4.92 Å². The third kappa shape index (κ3) is 2.69. The summed E-state index contributed by atoms with van der Waals surface area (Å²) in [5.41, 5.74) is 0.649. The molecule has 1 fully saturated rings. The Morgan fingerprint density at radius 1 is 1.35 bits per heavy atom.